The van der Waals surface area contributed by atoms with Crippen molar-refractivity contribution in [2.24, 2.45) is 5.73 Å². The van der Waals surface area contributed by atoms with Crippen molar-refractivity contribution < 1.29 is 14.4 Å². The summed E-state index contributed by atoms with van der Waals surface area (Å²) in [6, 6.07) is 0. The van der Waals surface area contributed by atoms with Crippen LogP contribution >= 0.6 is 7.60 Å². The van der Waals surface area contributed by atoms with Gasteiger partial charge in [0.1, 0.15) is 0 Å². The molecule has 0 fully saturated rings. The van der Waals surface area contributed by atoms with Crippen LogP contribution in [0.4, 0.5) is 0 Å². The third-order valence-corrected chi connectivity index (χ3v) is 1.26. The van der Waals surface area contributed by atoms with Crippen LogP contribution in [-0.4, -0.2) is 60.2 Å². The molecule has 0 amide bonds. The number of nitrogens with two attached hydrogens (primary N) is 1. The quantitative estimate of drug-likeness (QED) is 0.335. The number of hydrogen-bond acceptors (Lipinski definition) is 2. The molecular formula is C2H10CaNO3P. The van der Waals surface area contributed by atoms with Crippen LogP contribution in [-0.2, 0) is 4.57 Å². The first-order valence-electron chi connectivity index (χ1n) is 1.81. The second-order valence-corrected chi connectivity index (χ2v) is 2.95. The van der Waals surface area contributed by atoms with E-state index in [-0.39, 0.29) is 50.4 Å². The summed E-state index contributed by atoms with van der Waals surface area (Å²) in [5.74, 6) is 0. The topological polar surface area (TPSA) is 83.6 Å². The van der Waals surface area contributed by atoms with Crippen LogP contribution in [0.5, 0.6) is 0 Å². The number of rotatable bonds is 2. The van der Waals surface area contributed by atoms with Crippen molar-refractivity contribution in [3.05, 3.63) is 0 Å². The van der Waals surface area contributed by atoms with Gasteiger partial charge in [0.2, 0.25) is 0 Å². The minimum absolute atomic E-state index is 0. The third-order valence-electron chi connectivity index (χ3n) is 0.420. The Hall–Kier alpha value is 1.37. The van der Waals surface area contributed by atoms with Crippen molar-refractivity contribution in [2.45, 2.75) is 0 Å². The molecule has 0 aliphatic rings. The molecule has 0 aromatic rings. The third kappa shape index (κ3) is 10.4. The Bertz CT molecular complexity index is 91.3. The van der Waals surface area contributed by atoms with Crippen LogP contribution in [0, 0.1) is 0 Å². The van der Waals surface area contributed by atoms with E-state index in [4.69, 9.17) is 15.5 Å². The minimum atomic E-state index is -3.79. The summed E-state index contributed by atoms with van der Waals surface area (Å²) in [6.07, 6.45) is -0.215. The predicted octanol–water partition coefficient (Wildman–Crippen LogP) is -1.79. The molecule has 0 saturated carbocycles. The van der Waals surface area contributed by atoms with Gasteiger partial charge in [0.05, 0.1) is 6.16 Å². The molecule has 0 atom stereocenters. The monoisotopic (exact) mass is 167 g/mol. The van der Waals surface area contributed by atoms with E-state index in [1.54, 1.807) is 0 Å². The fourth-order valence-corrected chi connectivity index (χ4v) is 0.505. The van der Waals surface area contributed by atoms with Gasteiger partial charge in [-0.2, -0.15) is 0 Å². The van der Waals surface area contributed by atoms with Crippen LogP contribution in [0.1, 0.15) is 0 Å². The van der Waals surface area contributed by atoms with Crippen molar-refractivity contribution in [3.8, 4) is 0 Å². The van der Waals surface area contributed by atoms with E-state index in [0.717, 1.165) is 0 Å². The fraction of sp³-hybridized carbons (Fsp3) is 1.00. The molecule has 0 radical (unpaired) electrons. The molecule has 0 rings (SSSR count). The molecule has 6 heteroatoms. The molecule has 8 heavy (non-hydrogen) atoms. The number of hydrogen-bond donors (Lipinski definition) is 3. The zero-order valence-corrected chi connectivity index (χ0v) is 4.64. The summed E-state index contributed by atoms with van der Waals surface area (Å²) >= 11 is 0. The Kier molecular flexibility index (Phi) is 7.82. The molecule has 0 saturated heterocycles. The molecule has 0 aromatic carbocycles. The normalized spacial score (nSPS) is 10.4. The van der Waals surface area contributed by atoms with E-state index in [2.05, 4.69) is 0 Å². The molecule has 0 heterocycles. The molecule has 4 N–H and O–H groups in total. The van der Waals surface area contributed by atoms with E-state index in [0.29, 0.717) is 0 Å². The van der Waals surface area contributed by atoms with Gasteiger partial charge in [-0.25, -0.2) is 0 Å². The Morgan fingerprint density at radius 1 is 1.50 bits per heavy atom. The molecular weight excluding hydrogens is 157 g/mol. The first-order valence-corrected chi connectivity index (χ1v) is 3.60. The Balaban J connectivity index is 0. The second-order valence-electron chi connectivity index (χ2n) is 1.18. The molecule has 0 unspecified atom stereocenters. The van der Waals surface area contributed by atoms with E-state index in [1.165, 1.54) is 0 Å². The van der Waals surface area contributed by atoms with Gasteiger partial charge >= 0.3 is 45.3 Å². The molecule has 4 nitrogen and oxygen atoms in total. The van der Waals surface area contributed by atoms with Gasteiger partial charge in [0.25, 0.3) is 0 Å². The molecule has 0 aromatic heterocycles. The maximum atomic E-state index is 9.85. The maximum absolute atomic E-state index is 9.85. The Labute approximate surface area is 77.6 Å². The first kappa shape index (κ1) is 12.1. The second kappa shape index (κ2) is 5.18. The van der Waals surface area contributed by atoms with Crippen molar-refractivity contribution in [1.29, 1.82) is 0 Å². The van der Waals surface area contributed by atoms with E-state index in [9.17, 15) is 4.57 Å². The Morgan fingerprint density at radius 2 is 1.88 bits per heavy atom. The van der Waals surface area contributed by atoms with E-state index >= 15 is 0 Å². The first-order chi connectivity index (χ1) is 3.06. The van der Waals surface area contributed by atoms with Gasteiger partial charge < -0.3 is 15.5 Å². The average Bonchev–Trinajstić information content (AvgIpc) is 1.30. The average molecular weight is 167 g/mol. The summed E-state index contributed by atoms with van der Waals surface area (Å²) in [7, 11) is -3.79. The SMILES string of the molecule is NCCP(=O)(O)O.[CaH2]. The van der Waals surface area contributed by atoms with Gasteiger partial charge in [0.15, 0.2) is 0 Å². The zero-order valence-electron chi connectivity index (χ0n) is 3.74. The van der Waals surface area contributed by atoms with Crippen LogP contribution in [0.2, 0.25) is 0 Å². The van der Waals surface area contributed by atoms with Crippen LogP contribution in [0.3, 0.4) is 0 Å². The van der Waals surface area contributed by atoms with Gasteiger partial charge in [-0.1, -0.05) is 0 Å². The van der Waals surface area contributed by atoms with Gasteiger partial charge in [-0.15, -0.1) is 0 Å². The van der Waals surface area contributed by atoms with Crippen molar-refractivity contribution in [3.63, 3.8) is 0 Å². The van der Waals surface area contributed by atoms with Gasteiger partial charge in [-0.3, -0.25) is 4.57 Å². The molecule has 0 spiro atoms. The van der Waals surface area contributed by atoms with Gasteiger partial charge in [-0.05, 0) is 0 Å². The van der Waals surface area contributed by atoms with Crippen molar-refractivity contribution >= 4 is 45.3 Å². The van der Waals surface area contributed by atoms with Crippen LogP contribution < -0.4 is 5.73 Å². The van der Waals surface area contributed by atoms with Crippen LogP contribution in [0.25, 0.3) is 0 Å². The summed E-state index contributed by atoms with van der Waals surface area (Å²) < 4.78 is 9.85. The van der Waals surface area contributed by atoms with E-state index < -0.39 is 7.60 Å². The summed E-state index contributed by atoms with van der Waals surface area (Å²) in [5, 5.41) is 0. The van der Waals surface area contributed by atoms with Crippen molar-refractivity contribution in [2.75, 3.05) is 12.7 Å². The van der Waals surface area contributed by atoms with Crippen LogP contribution in [0.15, 0.2) is 0 Å². The summed E-state index contributed by atoms with van der Waals surface area (Å²) in [6.45, 7) is 0.0459. The van der Waals surface area contributed by atoms with Crippen molar-refractivity contribution in [1.82, 2.24) is 0 Å². The molecule has 0 aliphatic carbocycles. The molecule has 0 aliphatic heterocycles. The zero-order chi connectivity index (χ0) is 5.91. The Morgan fingerprint density at radius 3 is 1.88 bits per heavy atom. The van der Waals surface area contributed by atoms with E-state index in [1.807, 2.05) is 0 Å². The summed E-state index contributed by atoms with van der Waals surface area (Å²) in [4.78, 5) is 16.1. The standard InChI is InChI=1S/C2H8NO3P.Ca.2H/c3-1-2-7(4,5)6;;;/h1-3H2,(H2,4,5,6);;;. The predicted molar refractivity (Wildman–Crippen MR) is 34.5 cm³/mol. The fourth-order valence-electron chi connectivity index (χ4n) is 0.168. The summed E-state index contributed by atoms with van der Waals surface area (Å²) in [5.41, 5.74) is 4.82. The molecule has 48 valence electrons. The van der Waals surface area contributed by atoms with Gasteiger partial charge in [0, 0.05) is 6.54 Å². The molecule has 0 bridgehead atoms.